The SMILES string of the molecule is CC1NC2(CC2)C(=O)N1CCOC1CCCCC1. The van der Waals surface area contributed by atoms with E-state index in [2.05, 4.69) is 12.2 Å². The Morgan fingerprint density at radius 1 is 1.33 bits per heavy atom. The van der Waals surface area contributed by atoms with Crippen molar-refractivity contribution < 1.29 is 9.53 Å². The summed E-state index contributed by atoms with van der Waals surface area (Å²) in [6.07, 6.45) is 8.99. The molecule has 3 fully saturated rings. The quantitative estimate of drug-likeness (QED) is 0.827. The zero-order valence-corrected chi connectivity index (χ0v) is 11.3. The van der Waals surface area contributed by atoms with Crippen LogP contribution in [-0.4, -0.2) is 41.8 Å². The predicted molar refractivity (Wildman–Crippen MR) is 69.1 cm³/mol. The second kappa shape index (κ2) is 4.82. The van der Waals surface area contributed by atoms with Gasteiger partial charge in [0.15, 0.2) is 0 Å². The van der Waals surface area contributed by atoms with Crippen LogP contribution in [-0.2, 0) is 9.53 Å². The number of carbonyl (C=O) groups is 1. The van der Waals surface area contributed by atoms with E-state index in [0.717, 1.165) is 19.4 Å². The van der Waals surface area contributed by atoms with Gasteiger partial charge in [0.25, 0.3) is 0 Å². The van der Waals surface area contributed by atoms with Crippen LogP contribution in [0.2, 0.25) is 0 Å². The molecule has 1 unspecified atom stereocenters. The van der Waals surface area contributed by atoms with Crippen molar-refractivity contribution in [2.45, 2.75) is 69.7 Å². The van der Waals surface area contributed by atoms with Crippen molar-refractivity contribution in [1.82, 2.24) is 10.2 Å². The van der Waals surface area contributed by atoms with Gasteiger partial charge in [-0.15, -0.1) is 0 Å². The van der Waals surface area contributed by atoms with Gasteiger partial charge in [-0.2, -0.15) is 0 Å². The molecule has 0 aromatic rings. The zero-order valence-electron chi connectivity index (χ0n) is 11.3. The van der Waals surface area contributed by atoms with Gasteiger partial charge in [-0.3, -0.25) is 10.1 Å². The Hall–Kier alpha value is -0.610. The number of carbonyl (C=O) groups excluding carboxylic acids is 1. The van der Waals surface area contributed by atoms with E-state index in [0.29, 0.717) is 18.6 Å². The molecule has 18 heavy (non-hydrogen) atoms. The molecule has 1 aliphatic heterocycles. The number of ether oxygens (including phenoxy) is 1. The first kappa shape index (κ1) is 12.4. The van der Waals surface area contributed by atoms with Gasteiger partial charge in [0, 0.05) is 6.54 Å². The Balaban J connectivity index is 1.44. The molecule has 0 aromatic carbocycles. The first-order chi connectivity index (χ1) is 8.71. The minimum absolute atomic E-state index is 0.176. The Labute approximate surface area is 109 Å². The van der Waals surface area contributed by atoms with Crippen molar-refractivity contribution in [3.05, 3.63) is 0 Å². The Morgan fingerprint density at radius 3 is 2.67 bits per heavy atom. The molecule has 0 bridgehead atoms. The van der Waals surface area contributed by atoms with Crippen LogP contribution in [0, 0.1) is 0 Å². The molecular formula is C14H24N2O2. The summed E-state index contributed by atoms with van der Waals surface area (Å²) in [7, 11) is 0. The molecule has 1 amide bonds. The maximum absolute atomic E-state index is 12.2. The van der Waals surface area contributed by atoms with Crippen LogP contribution in [0.1, 0.15) is 51.9 Å². The number of rotatable bonds is 4. The monoisotopic (exact) mass is 252 g/mol. The number of amides is 1. The van der Waals surface area contributed by atoms with Gasteiger partial charge in [-0.25, -0.2) is 0 Å². The van der Waals surface area contributed by atoms with Gasteiger partial charge < -0.3 is 9.64 Å². The first-order valence-corrected chi connectivity index (χ1v) is 7.42. The Bertz CT molecular complexity index is 322. The highest BCUT2D eigenvalue weighted by atomic mass is 16.5. The summed E-state index contributed by atoms with van der Waals surface area (Å²) in [5.41, 5.74) is -0.176. The van der Waals surface area contributed by atoms with Crippen LogP contribution in [0.3, 0.4) is 0 Å². The van der Waals surface area contributed by atoms with Crippen LogP contribution in [0.4, 0.5) is 0 Å². The molecule has 1 atom stereocenters. The second-order valence-electron chi connectivity index (χ2n) is 6.03. The fourth-order valence-electron chi connectivity index (χ4n) is 3.32. The molecular weight excluding hydrogens is 228 g/mol. The number of nitrogens with one attached hydrogen (secondary N) is 1. The van der Waals surface area contributed by atoms with E-state index in [1.165, 1.54) is 32.1 Å². The molecule has 0 aromatic heterocycles. The summed E-state index contributed by atoms with van der Waals surface area (Å²) in [6.45, 7) is 3.51. The lowest BCUT2D eigenvalue weighted by atomic mass is 9.98. The third-order valence-corrected chi connectivity index (χ3v) is 4.61. The van der Waals surface area contributed by atoms with Gasteiger partial charge in [0.1, 0.15) is 0 Å². The van der Waals surface area contributed by atoms with E-state index in [1.807, 2.05) is 4.90 Å². The summed E-state index contributed by atoms with van der Waals surface area (Å²) < 4.78 is 5.91. The van der Waals surface area contributed by atoms with Crippen LogP contribution < -0.4 is 5.32 Å². The summed E-state index contributed by atoms with van der Waals surface area (Å²) in [6, 6.07) is 0. The third kappa shape index (κ3) is 2.28. The molecule has 2 aliphatic carbocycles. The van der Waals surface area contributed by atoms with Crippen LogP contribution >= 0.6 is 0 Å². The topological polar surface area (TPSA) is 41.6 Å². The number of hydrogen-bond acceptors (Lipinski definition) is 3. The lowest BCUT2D eigenvalue weighted by molar-refractivity contribution is -0.131. The lowest BCUT2D eigenvalue weighted by Gasteiger charge is -2.25. The predicted octanol–water partition coefficient (Wildman–Crippen LogP) is 1.65. The fourth-order valence-corrected chi connectivity index (χ4v) is 3.32. The van der Waals surface area contributed by atoms with Crippen LogP contribution in [0.25, 0.3) is 0 Å². The summed E-state index contributed by atoms with van der Waals surface area (Å²) in [5.74, 6) is 0.294. The average molecular weight is 252 g/mol. The first-order valence-electron chi connectivity index (χ1n) is 7.42. The van der Waals surface area contributed by atoms with E-state index in [1.54, 1.807) is 0 Å². The standard InChI is InChI=1S/C14H24N2O2/c1-11-15-14(7-8-14)13(17)16(11)9-10-18-12-5-3-2-4-6-12/h11-12,15H,2-10H2,1H3. The van der Waals surface area contributed by atoms with E-state index in [4.69, 9.17) is 4.74 Å². The Morgan fingerprint density at radius 2 is 2.06 bits per heavy atom. The van der Waals surface area contributed by atoms with Crippen molar-refractivity contribution in [3.8, 4) is 0 Å². The van der Waals surface area contributed by atoms with Gasteiger partial charge in [-0.1, -0.05) is 19.3 Å². The minimum Gasteiger partial charge on any atom is -0.376 e. The molecule has 0 radical (unpaired) electrons. The third-order valence-electron chi connectivity index (χ3n) is 4.61. The van der Waals surface area contributed by atoms with Crippen molar-refractivity contribution >= 4 is 5.91 Å². The van der Waals surface area contributed by atoms with Gasteiger partial charge in [0.2, 0.25) is 5.91 Å². The molecule has 3 rings (SSSR count). The van der Waals surface area contributed by atoms with Crippen molar-refractivity contribution in [2.24, 2.45) is 0 Å². The normalized spacial score (nSPS) is 31.3. The molecule has 3 aliphatic rings. The molecule has 2 saturated carbocycles. The van der Waals surface area contributed by atoms with Gasteiger partial charge in [0.05, 0.1) is 24.4 Å². The smallest absolute Gasteiger partial charge is 0.244 e. The molecule has 1 N–H and O–H groups in total. The van der Waals surface area contributed by atoms with Gasteiger partial charge >= 0.3 is 0 Å². The summed E-state index contributed by atoms with van der Waals surface area (Å²) in [4.78, 5) is 14.1. The number of hydrogen-bond donors (Lipinski definition) is 1. The molecule has 1 saturated heterocycles. The summed E-state index contributed by atoms with van der Waals surface area (Å²) >= 11 is 0. The minimum atomic E-state index is -0.176. The second-order valence-corrected chi connectivity index (χ2v) is 6.03. The van der Waals surface area contributed by atoms with E-state index >= 15 is 0 Å². The van der Waals surface area contributed by atoms with Crippen LogP contribution in [0.15, 0.2) is 0 Å². The van der Waals surface area contributed by atoms with E-state index in [9.17, 15) is 4.79 Å². The lowest BCUT2D eigenvalue weighted by Crippen LogP contribution is -2.38. The van der Waals surface area contributed by atoms with Crippen molar-refractivity contribution in [2.75, 3.05) is 13.2 Å². The van der Waals surface area contributed by atoms with Crippen molar-refractivity contribution in [1.29, 1.82) is 0 Å². The molecule has 4 nitrogen and oxygen atoms in total. The van der Waals surface area contributed by atoms with E-state index < -0.39 is 0 Å². The summed E-state index contributed by atoms with van der Waals surface area (Å²) in [5, 5.41) is 3.41. The number of nitrogens with zero attached hydrogens (tertiary/aromatic N) is 1. The zero-order chi connectivity index (χ0) is 12.6. The highest BCUT2D eigenvalue weighted by Crippen LogP contribution is 2.41. The molecule has 1 heterocycles. The van der Waals surface area contributed by atoms with Gasteiger partial charge in [-0.05, 0) is 32.6 Å². The maximum Gasteiger partial charge on any atom is 0.244 e. The highest BCUT2D eigenvalue weighted by Gasteiger charge is 2.57. The fraction of sp³-hybridized carbons (Fsp3) is 0.929. The highest BCUT2D eigenvalue weighted by molar-refractivity contribution is 5.91. The average Bonchev–Trinajstić information content (AvgIpc) is 3.11. The Kier molecular flexibility index (Phi) is 3.32. The van der Waals surface area contributed by atoms with E-state index in [-0.39, 0.29) is 11.7 Å². The molecule has 1 spiro atoms. The molecule has 4 heteroatoms. The van der Waals surface area contributed by atoms with Crippen molar-refractivity contribution in [3.63, 3.8) is 0 Å². The molecule has 102 valence electrons. The maximum atomic E-state index is 12.2. The largest absolute Gasteiger partial charge is 0.376 e. The van der Waals surface area contributed by atoms with Crippen LogP contribution in [0.5, 0.6) is 0 Å².